The second-order valence-electron chi connectivity index (χ2n) is 3.59. The summed E-state index contributed by atoms with van der Waals surface area (Å²) in [6.07, 6.45) is 0. The summed E-state index contributed by atoms with van der Waals surface area (Å²) in [4.78, 5) is 0.162. The van der Waals surface area contributed by atoms with Gasteiger partial charge >= 0.3 is 0 Å². The number of nitrogen functional groups attached to an aromatic ring is 1. The Balaban J connectivity index is 3.34. The molecule has 0 aliphatic heterocycles. The van der Waals surface area contributed by atoms with Crippen LogP contribution in [0.1, 0.15) is 13.8 Å². The summed E-state index contributed by atoms with van der Waals surface area (Å²) < 4.78 is 27.4. The highest BCUT2D eigenvalue weighted by Crippen LogP contribution is 2.32. The molecule has 0 saturated carbocycles. The van der Waals surface area contributed by atoms with Crippen LogP contribution in [0.2, 0.25) is 0 Å². The van der Waals surface area contributed by atoms with Crippen molar-refractivity contribution in [2.75, 3.05) is 5.73 Å². The average Bonchev–Trinajstić information content (AvgIpc) is 1.96. The first kappa shape index (κ1) is 14.0. The highest BCUT2D eigenvalue weighted by atomic mass is 79.9. The Morgan fingerprint density at radius 3 is 2.06 bits per heavy atom. The molecule has 7 heteroatoms. The number of anilines is 1. The highest BCUT2D eigenvalue weighted by molar-refractivity contribution is 9.11. The zero-order valence-electron chi connectivity index (χ0n) is 8.79. The number of hydrogen-bond acceptors (Lipinski definition) is 3. The summed E-state index contributed by atoms with van der Waals surface area (Å²) in [6, 6.07) is 2.95. The van der Waals surface area contributed by atoms with Crippen molar-refractivity contribution in [3.63, 3.8) is 0 Å². The molecule has 16 heavy (non-hydrogen) atoms. The van der Waals surface area contributed by atoms with Crippen LogP contribution in [-0.4, -0.2) is 14.5 Å². The molecule has 0 bridgehead atoms. The highest BCUT2D eigenvalue weighted by Gasteiger charge is 2.22. The van der Waals surface area contributed by atoms with Gasteiger partial charge in [-0.2, -0.15) is 0 Å². The summed E-state index contributed by atoms with van der Waals surface area (Å²) in [7, 11) is -3.54. The largest absolute Gasteiger partial charge is 0.399 e. The van der Waals surface area contributed by atoms with Crippen LogP contribution in [0.3, 0.4) is 0 Å². The van der Waals surface area contributed by atoms with E-state index in [9.17, 15) is 8.42 Å². The zero-order chi connectivity index (χ0) is 12.5. The number of halogens is 2. The van der Waals surface area contributed by atoms with Crippen LogP contribution in [0.15, 0.2) is 26.0 Å². The number of nitrogens with one attached hydrogen (secondary N) is 1. The zero-order valence-corrected chi connectivity index (χ0v) is 12.8. The van der Waals surface area contributed by atoms with Gasteiger partial charge in [-0.05, 0) is 57.8 Å². The standard InChI is InChI=1S/C9H12Br2N2O2S/c1-5(2)13-16(14,15)9-7(10)3-6(12)4-8(9)11/h3-5,13H,12H2,1-2H3. The molecule has 0 aromatic heterocycles. The van der Waals surface area contributed by atoms with Crippen LogP contribution in [0.4, 0.5) is 5.69 Å². The van der Waals surface area contributed by atoms with E-state index in [-0.39, 0.29) is 10.9 Å². The molecule has 3 N–H and O–H groups in total. The molecule has 0 heterocycles. The summed E-state index contributed by atoms with van der Waals surface area (Å²) >= 11 is 6.39. The minimum absolute atomic E-state index is 0.162. The minimum atomic E-state index is -3.54. The van der Waals surface area contributed by atoms with Gasteiger partial charge in [0.2, 0.25) is 10.0 Å². The van der Waals surface area contributed by atoms with Gasteiger partial charge in [0.1, 0.15) is 4.90 Å². The molecule has 0 aliphatic carbocycles. The SMILES string of the molecule is CC(C)NS(=O)(=O)c1c(Br)cc(N)cc1Br. The lowest BCUT2D eigenvalue weighted by molar-refractivity contribution is 0.569. The number of hydrogen-bond donors (Lipinski definition) is 2. The summed E-state index contributed by atoms with van der Waals surface area (Å²) in [5.74, 6) is 0. The summed E-state index contributed by atoms with van der Waals surface area (Å²) in [5.41, 5.74) is 6.09. The Morgan fingerprint density at radius 1 is 1.25 bits per heavy atom. The third kappa shape index (κ3) is 3.19. The number of rotatable bonds is 3. The van der Waals surface area contributed by atoms with E-state index in [1.165, 1.54) is 0 Å². The van der Waals surface area contributed by atoms with Crippen molar-refractivity contribution in [1.82, 2.24) is 4.72 Å². The molecule has 0 saturated heterocycles. The Kier molecular flexibility index (Phi) is 4.39. The molecule has 0 aliphatic rings. The van der Waals surface area contributed by atoms with Gasteiger partial charge < -0.3 is 5.73 Å². The second-order valence-corrected chi connectivity index (χ2v) is 6.95. The van der Waals surface area contributed by atoms with Crippen LogP contribution >= 0.6 is 31.9 Å². The number of sulfonamides is 1. The molecule has 0 unspecified atom stereocenters. The third-order valence-electron chi connectivity index (χ3n) is 1.68. The van der Waals surface area contributed by atoms with Gasteiger partial charge in [-0.1, -0.05) is 0 Å². The van der Waals surface area contributed by atoms with E-state index in [0.29, 0.717) is 14.6 Å². The minimum Gasteiger partial charge on any atom is -0.399 e. The predicted molar refractivity (Wildman–Crippen MR) is 71.7 cm³/mol. The van der Waals surface area contributed by atoms with E-state index in [2.05, 4.69) is 36.6 Å². The van der Waals surface area contributed by atoms with Crippen LogP contribution in [0.5, 0.6) is 0 Å². The van der Waals surface area contributed by atoms with Crippen molar-refractivity contribution in [1.29, 1.82) is 0 Å². The van der Waals surface area contributed by atoms with Crippen molar-refractivity contribution >= 4 is 47.6 Å². The van der Waals surface area contributed by atoms with E-state index >= 15 is 0 Å². The van der Waals surface area contributed by atoms with Crippen LogP contribution in [0, 0.1) is 0 Å². The van der Waals surface area contributed by atoms with E-state index in [4.69, 9.17) is 5.73 Å². The predicted octanol–water partition coefficient (Wildman–Crippen LogP) is 2.48. The fourth-order valence-electron chi connectivity index (χ4n) is 1.21. The van der Waals surface area contributed by atoms with Gasteiger partial charge in [-0.25, -0.2) is 13.1 Å². The van der Waals surface area contributed by atoms with Crippen molar-refractivity contribution in [3.05, 3.63) is 21.1 Å². The lowest BCUT2D eigenvalue weighted by atomic mass is 10.3. The molecule has 0 spiro atoms. The van der Waals surface area contributed by atoms with Gasteiger partial charge in [0.25, 0.3) is 0 Å². The Labute approximate surface area is 112 Å². The molecule has 1 aromatic carbocycles. The molecule has 0 amide bonds. The maximum atomic E-state index is 12.0. The van der Waals surface area contributed by atoms with E-state index in [1.54, 1.807) is 26.0 Å². The topological polar surface area (TPSA) is 72.2 Å². The van der Waals surface area contributed by atoms with Crippen molar-refractivity contribution in [2.24, 2.45) is 0 Å². The third-order valence-corrected chi connectivity index (χ3v) is 5.21. The Morgan fingerprint density at radius 2 is 1.69 bits per heavy atom. The first-order valence-electron chi connectivity index (χ1n) is 4.51. The Hall–Kier alpha value is -0.110. The fourth-order valence-corrected chi connectivity index (χ4v) is 5.08. The maximum absolute atomic E-state index is 12.0. The van der Waals surface area contributed by atoms with Crippen molar-refractivity contribution in [3.8, 4) is 0 Å². The first-order chi connectivity index (χ1) is 7.24. The van der Waals surface area contributed by atoms with Gasteiger partial charge in [-0.15, -0.1) is 0 Å². The number of benzene rings is 1. The monoisotopic (exact) mass is 370 g/mol. The molecule has 4 nitrogen and oxygen atoms in total. The molecule has 0 radical (unpaired) electrons. The molecule has 1 rings (SSSR count). The van der Waals surface area contributed by atoms with E-state index in [1.807, 2.05) is 0 Å². The normalized spacial score (nSPS) is 12.1. The van der Waals surface area contributed by atoms with Gasteiger partial charge in [0.05, 0.1) is 0 Å². The molecular formula is C9H12Br2N2O2S. The fraction of sp³-hybridized carbons (Fsp3) is 0.333. The van der Waals surface area contributed by atoms with E-state index in [0.717, 1.165) is 0 Å². The van der Waals surface area contributed by atoms with Crippen LogP contribution in [-0.2, 0) is 10.0 Å². The first-order valence-corrected chi connectivity index (χ1v) is 7.58. The van der Waals surface area contributed by atoms with Gasteiger partial charge in [0.15, 0.2) is 0 Å². The second kappa shape index (κ2) is 5.03. The van der Waals surface area contributed by atoms with Crippen LogP contribution in [0.25, 0.3) is 0 Å². The lowest BCUT2D eigenvalue weighted by Gasteiger charge is -2.13. The van der Waals surface area contributed by atoms with Crippen LogP contribution < -0.4 is 10.5 Å². The summed E-state index contributed by atoms with van der Waals surface area (Å²) in [6.45, 7) is 3.52. The number of nitrogens with two attached hydrogens (primary N) is 1. The van der Waals surface area contributed by atoms with Gasteiger partial charge in [-0.3, -0.25) is 0 Å². The van der Waals surface area contributed by atoms with Gasteiger partial charge in [0, 0.05) is 20.7 Å². The molecule has 0 fully saturated rings. The molecule has 90 valence electrons. The van der Waals surface area contributed by atoms with E-state index < -0.39 is 10.0 Å². The molecular weight excluding hydrogens is 360 g/mol. The van der Waals surface area contributed by atoms with Crippen molar-refractivity contribution < 1.29 is 8.42 Å². The smallest absolute Gasteiger partial charge is 0.243 e. The maximum Gasteiger partial charge on any atom is 0.243 e. The summed E-state index contributed by atoms with van der Waals surface area (Å²) in [5, 5.41) is 0. The molecule has 1 aromatic rings. The molecule has 0 atom stereocenters. The van der Waals surface area contributed by atoms with Crippen molar-refractivity contribution in [2.45, 2.75) is 24.8 Å². The Bertz CT molecular complexity index is 477. The average molecular weight is 372 g/mol. The lowest BCUT2D eigenvalue weighted by Crippen LogP contribution is -2.30. The quantitative estimate of drug-likeness (QED) is 0.801.